The summed E-state index contributed by atoms with van der Waals surface area (Å²) in [5, 5.41) is 18.6. The van der Waals surface area contributed by atoms with E-state index in [0.717, 1.165) is 18.3 Å². The van der Waals surface area contributed by atoms with E-state index in [0.29, 0.717) is 17.5 Å². The van der Waals surface area contributed by atoms with E-state index in [1.165, 1.54) is 25.3 Å². The molecular formula is C30H26ClF4N5O5. The van der Waals surface area contributed by atoms with Crippen LogP contribution in [0.2, 0.25) is 5.02 Å². The van der Waals surface area contributed by atoms with Crippen molar-refractivity contribution in [2.45, 2.75) is 37.3 Å². The van der Waals surface area contributed by atoms with Crippen molar-refractivity contribution in [3.8, 4) is 22.8 Å². The summed E-state index contributed by atoms with van der Waals surface area (Å²) in [6.07, 6.45) is 2.22. The number of methoxy groups -OCH3 is 1. The van der Waals surface area contributed by atoms with E-state index in [2.05, 4.69) is 15.4 Å². The number of primary amides is 1. The second-order valence-electron chi connectivity index (χ2n) is 11.3. The van der Waals surface area contributed by atoms with Crippen LogP contribution in [0, 0.1) is 17.6 Å². The average molecular weight is 648 g/mol. The fraction of sp³-hybridized carbons (Fsp3) is 0.333. The number of ether oxygens (including phenoxy) is 2. The minimum absolute atomic E-state index is 0.0177. The fourth-order valence-corrected chi connectivity index (χ4v) is 5.77. The lowest BCUT2D eigenvalue weighted by molar-refractivity contribution is -0.123. The molecule has 1 saturated carbocycles. The molecule has 2 atom stereocenters. The number of aliphatic hydroxyl groups is 1. The summed E-state index contributed by atoms with van der Waals surface area (Å²) in [6, 6.07) is 5.77. The van der Waals surface area contributed by atoms with E-state index in [4.69, 9.17) is 26.8 Å². The van der Waals surface area contributed by atoms with Crippen molar-refractivity contribution in [1.29, 1.82) is 0 Å². The molecule has 1 aliphatic carbocycles. The number of fused-ring (bicyclic) bond motifs is 2. The Labute approximate surface area is 258 Å². The van der Waals surface area contributed by atoms with Gasteiger partial charge in [-0.3, -0.25) is 9.59 Å². The van der Waals surface area contributed by atoms with Gasteiger partial charge >= 0.3 is 6.55 Å². The van der Waals surface area contributed by atoms with Crippen LogP contribution in [0.25, 0.3) is 22.2 Å². The highest BCUT2D eigenvalue weighted by Crippen LogP contribution is 2.50. The van der Waals surface area contributed by atoms with Crippen molar-refractivity contribution < 1.29 is 41.7 Å². The van der Waals surface area contributed by atoms with Gasteiger partial charge in [0.1, 0.15) is 40.3 Å². The zero-order chi connectivity index (χ0) is 32.4. The van der Waals surface area contributed by atoms with Crippen LogP contribution in [-0.4, -0.2) is 51.9 Å². The number of carbonyl (C=O) groups is 2. The summed E-state index contributed by atoms with van der Waals surface area (Å²) in [5.41, 5.74) is 2.93. The third-order valence-electron chi connectivity index (χ3n) is 8.37. The number of hydrogen-bond donors (Lipinski definition) is 3. The molecule has 0 radical (unpaired) electrons. The first-order valence-corrected chi connectivity index (χ1v) is 14.1. The Bertz CT molecular complexity index is 1880. The maximum atomic E-state index is 14.4. The van der Waals surface area contributed by atoms with Crippen molar-refractivity contribution in [2.24, 2.45) is 11.7 Å². The lowest BCUT2D eigenvalue weighted by atomic mass is 9.81. The van der Waals surface area contributed by atoms with E-state index in [1.807, 2.05) is 0 Å². The number of nitrogens with one attached hydrogen (secondary N) is 1. The maximum absolute atomic E-state index is 14.4. The number of amides is 2. The molecule has 2 aliphatic rings. The smallest absolute Gasteiger partial charge is 0.333 e. The van der Waals surface area contributed by atoms with Gasteiger partial charge in [-0.2, -0.15) is 13.9 Å². The molecule has 4 aromatic rings. The molecule has 2 amide bonds. The van der Waals surface area contributed by atoms with Crippen LogP contribution in [0.1, 0.15) is 47.9 Å². The predicted octanol–water partition coefficient (Wildman–Crippen LogP) is 4.60. The number of rotatable bonds is 9. The lowest BCUT2D eigenvalue weighted by Gasteiger charge is -2.30. The molecule has 1 fully saturated rings. The minimum atomic E-state index is -2.90. The van der Waals surface area contributed by atoms with Crippen LogP contribution >= 0.6 is 11.6 Å². The molecule has 10 nitrogen and oxygen atoms in total. The Hall–Kier alpha value is -4.43. The Balaban J connectivity index is 1.41. The summed E-state index contributed by atoms with van der Waals surface area (Å²) in [7, 11) is 1.31. The summed E-state index contributed by atoms with van der Waals surface area (Å²) >= 11 is 6.30. The predicted molar refractivity (Wildman–Crippen MR) is 153 cm³/mol. The van der Waals surface area contributed by atoms with Crippen LogP contribution in [0.5, 0.6) is 11.5 Å². The maximum Gasteiger partial charge on any atom is 0.333 e. The number of pyridine rings is 1. The van der Waals surface area contributed by atoms with Crippen LogP contribution < -0.4 is 20.5 Å². The fourth-order valence-electron chi connectivity index (χ4n) is 5.53. The first kappa shape index (κ1) is 30.6. The highest BCUT2D eigenvalue weighted by molar-refractivity contribution is 6.33. The quantitative estimate of drug-likeness (QED) is 0.178. The molecule has 236 valence electrons. The van der Waals surface area contributed by atoms with Gasteiger partial charge in [-0.15, -0.1) is 0 Å². The Morgan fingerprint density at radius 1 is 1.24 bits per heavy atom. The van der Waals surface area contributed by atoms with Gasteiger partial charge in [0.15, 0.2) is 11.6 Å². The first-order valence-electron chi connectivity index (χ1n) is 13.8. The normalized spacial score (nSPS) is 18.9. The standard InChI is InChI=1S/C30H26ClF4N5O5/c1-29(27(36)42)12-45-25-17(29)8-22(38-24(25)16-7-19(32)20(33)9-18(16)31)30(43,15-3-4-15)11-37-26(41)13-5-14-10-40(28(34)35)39-23(14)21(6-13)44-2/h5-10,15,28,43H,3-4,11-12H2,1-2H3,(H2,36,42)(H,37,41)/t29-,30+/m0/s1. The highest BCUT2D eigenvalue weighted by atomic mass is 35.5. The number of aromatic nitrogens is 3. The Kier molecular flexibility index (Phi) is 7.39. The second-order valence-corrected chi connectivity index (χ2v) is 11.8. The molecule has 4 N–H and O–H groups in total. The molecule has 0 spiro atoms. The van der Waals surface area contributed by atoms with Gasteiger partial charge in [-0.25, -0.2) is 18.4 Å². The number of alkyl halides is 2. The summed E-state index contributed by atoms with van der Waals surface area (Å²) in [4.78, 5) is 30.5. The van der Waals surface area contributed by atoms with Gasteiger partial charge in [0.2, 0.25) is 5.91 Å². The van der Waals surface area contributed by atoms with Gasteiger partial charge in [0, 0.05) is 28.3 Å². The topological polar surface area (TPSA) is 142 Å². The number of nitrogens with zero attached hydrogens (tertiary/aromatic N) is 3. The molecule has 0 bridgehead atoms. The second kappa shape index (κ2) is 10.9. The Morgan fingerprint density at radius 2 is 1.96 bits per heavy atom. The monoisotopic (exact) mass is 647 g/mol. The summed E-state index contributed by atoms with van der Waals surface area (Å²) in [6.45, 7) is -1.90. The molecule has 1 aliphatic heterocycles. The lowest BCUT2D eigenvalue weighted by Crippen LogP contribution is -2.44. The zero-order valence-electron chi connectivity index (χ0n) is 23.8. The van der Waals surface area contributed by atoms with Gasteiger partial charge < -0.3 is 25.6 Å². The van der Waals surface area contributed by atoms with Crippen LogP contribution in [0.4, 0.5) is 17.6 Å². The van der Waals surface area contributed by atoms with Gasteiger partial charge in [0.25, 0.3) is 5.91 Å². The van der Waals surface area contributed by atoms with E-state index in [1.54, 1.807) is 6.92 Å². The zero-order valence-corrected chi connectivity index (χ0v) is 24.6. The molecule has 3 heterocycles. The molecule has 15 heteroatoms. The summed E-state index contributed by atoms with van der Waals surface area (Å²) in [5.74, 6) is -4.00. The first-order chi connectivity index (χ1) is 21.3. The number of nitrogens with two attached hydrogens (primary N) is 1. The van der Waals surface area contributed by atoms with E-state index < -0.39 is 41.0 Å². The molecular weight excluding hydrogens is 622 g/mol. The third kappa shape index (κ3) is 5.11. The molecule has 0 saturated heterocycles. The van der Waals surface area contributed by atoms with Crippen molar-refractivity contribution in [2.75, 3.05) is 20.3 Å². The van der Waals surface area contributed by atoms with Crippen molar-refractivity contribution in [3.05, 3.63) is 70.0 Å². The molecule has 45 heavy (non-hydrogen) atoms. The largest absolute Gasteiger partial charge is 0.494 e. The molecule has 0 unspecified atom stereocenters. The molecule has 6 rings (SSSR count). The van der Waals surface area contributed by atoms with E-state index in [-0.39, 0.29) is 74.6 Å². The number of hydrogen-bond acceptors (Lipinski definition) is 7. The van der Waals surface area contributed by atoms with Crippen LogP contribution in [0.15, 0.2) is 36.5 Å². The number of carbonyl (C=O) groups excluding carboxylic acids is 2. The molecule has 2 aromatic carbocycles. The van der Waals surface area contributed by atoms with E-state index >= 15 is 0 Å². The summed E-state index contributed by atoms with van der Waals surface area (Å²) < 4.78 is 66.3. The Morgan fingerprint density at radius 3 is 2.60 bits per heavy atom. The third-order valence-corrected chi connectivity index (χ3v) is 8.68. The van der Waals surface area contributed by atoms with Crippen LogP contribution in [-0.2, 0) is 15.8 Å². The number of halogens is 5. The van der Waals surface area contributed by atoms with E-state index in [9.17, 15) is 32.3 Å². The van der Waals surface area contributed by atoms with Crippen molar-refractivity contribution in [3.63, 3.8) is 0 Å². The van der Waals surface area contributed by atoms with Crippen molar-refractivity contribution in [1.82, 2.24) is 20.1 Å². The van der Waals surface area contributed by atoms with Gasteiger partial charge in [0.05, 0.1) is 24.4 Å². The van der Waals surface area contributed by atoms with Gasteiger partial charge in [-0.1, -0.05) is 11.6 Å². The molecule has 2 aromatic heterocycles. The highest BCUT2D eigenvalue weighted by Gasteiger charge is 2.50. The van der Waals surface area contributed by atoms with Gasteiger partial charge in [-0.05, 0) is 56.0 Å². The number of benzene rings is 2. The SMILES string of the molecule is COc1cc(C(=O)NC[C@](O)(c2cc3c(c(-c4cc(F)c(F)cc4Cl)n2)OC[C@]3(C)C(N)=O)C2CC2)cc2cn(C(F)F)nc12. The van der Waals surface area contributed by atoms with Crippen molar-refractivity contribution >= 4 is 34.3 Å². The minimum Gasteiger partial charge on any atom is -0.494 e. The van der Waals surface area contributed by atoms with Crippen LogP contribution in [0.3, 0.4) is 0 Å². The average Bonchev–Trinajstić information content (AvgIpc) is 3.68.